The summed E-state index contributed by atoms with van der Waals surface area (Å²) in [7, 11) is 0. The van der Waals surface area contributed by atoms with E-state index in [-0.39, 0.29) is 17.6 Å². The summed E-state index contributed by atoms with van der Waals surface area (Å²) in [6.07, 6.45) is 0. The fourth-order valence-corrected chi connectivity index (χ4v) is 2.35. The molecule has 1 aromatic carbocycles. The molecule has 0 spiro atoms. The monoisotopic (exact) mass is 316 g/mol. The van der Waals surface area contributed by atoms with Gasteiger partial charge < -0.3 is 15.2 Å². The lowest BCUT2D eigenvalue weighted by atomic mass is 10.0. The molecule has 0 unspecified atom stereocenters. The maximum absolute atomic E-state index is 11.9. The average molecular weight is 316 g/mol. The number of hydrogen-bond donors (Lipinski definition) is 3. The van der Waals surface area contributed by atoms with E-state index in [1.807, 2.05) is 32.0 Å². The Morgan fingerprint density at radius 3 is 2.61 bits per heavy atom. The van der Waals surface area contributed by atoms with Crippen LogP contribution in [0.5, 0.6) is 0 Å². The molecule has 23 heavy (non-hydrogen) atoms. The van der Waals surface area contributed by atoms with Gasteiger partial charge in [-0.1, -0.05) is 35.5 Å². The molecule has 0 bridgehead atoms. The Morgan fingerprint density at radius 2 is 2.00 bits per heavy atom. The number of aryl methyl sites for hydroxylation is 1. The maximum atomic E-state index is 11.9. The molecular formula is C17H24N4O2. The Labute approximate surface area is 136 Å². The lowest BCUT2D eigenvalue weighted by Gasteiger charge is -2.30. The highest BCUT2D eigenvalue weighted by molar-refractivity contribution is 5.88. The Morgan fingerprint density at radius 1 is 1.30 bits per heavy atom. The highest BCUT2D eigenvalue weighted by atomic mass is 16.5. The van der Waals surface area contributed by atoms with Crippen LogP contribution in [-0.2, 0) is 0 Å². The van der Waals surface area contributed by atoms with Gasteiger partial charge in [0.25, 0.3) is 0 Å². The minimum atomic E-state index is -0.305. The van der Waals surface area contributed by atoms with Crippen molar-refractivity contribution in [3.05, 3.63) is 47.7 Å². The van der Waals surface area contributed by atoms with Gasteiger partial charge in [-0.3, -0.25) is 5.32 Å². The third-order valence-corrected chi connectivity index (χ3v) is 3.47. The first-order valence-corrected chi connectivity index (χ1v) is 7.66. The van der Waals surface area contributed by atoms with Gasteiger partial charge in [-0.15, -0.1) is 0 Å². The number of urea groups is 1. The molecule has 1 atom stereocenters. The molecule has 0 saturated heterocycles. The first kappa shape index (κ1) is 17.0. The van der Waals surface area contributed by atoms with Crippen molar-refractivity contribution < 1.29 is 9.32 Å². The third-order valence-electron chi connectivity index (χ3n) is 3.47. The fourth-order valence-electron chi connectivity index (χ4n) is 2.35. The molecule has 0 radical (unpaired) electrons. The minimum absolute atomic E-state index is 0.189. The molecule has 0 saturated carbocycles. The topological polar surface area (TPSA) is 79.2 Å². The van der Waals surface area contributed by atoms with Gasteiger partial charge in [-0.25, -0.2) is 4.79 Å². The summed E-state index contributed by atoms with van der Waals surface area (Å²) < 4.78 is 4.91. The smallest absolute Gasteiger partial charge is 0.320 e. The van der Waals surface area contributed by atoms with E-state index in [2.05, 4.69) is 40.2 Å². The third kappa shape index (κ3) is 5.41. The number of benzene rings is 1. The Bertz CT molecular complexity index is 637. The van der Waals surface area contributed by atoms with Gasteiger partial charge in [0.15, 0.2) is 5.82 Å². The SMILES string of the molecule is Cc1cc(NC(=O)NCC(C)(C)N[C@@H](C)c2ccccc2)no1. The molecule has 1 heterocycles. The number of rotatable bonds is 6. The standard InChI is InChI=1S/C17H24N4O2/c1-12-10-15(21-23-12)19-16(22)18-11-17(3,4)20-13(2)14-8-6-5-7-9-14/h5-10,13,20H,11H2,1-4H3,(H2,18,19,21,22)/t13-/m0/s1. The van der Waals surface area contributed by atoms with Crippen molar-refractivity contribution in [2.24, 2.45) is 0 Å². The second-order valence-electron chi connectivity index (χ2n) is 6.29. The van der Waals surface area contributed by atoms with E-state index in [0.717, 1.165) is 0 Å². The van der Waals surface area contributed by atoms with E-state index < -0.39 is 0 Å². The number of amides is 2. The zero-order chi connectivity index (χ0) is 16.9. The van der Waals surface area contributed by atoms with Crippen molar-refractivity contribution >= 4 is 11.8 Å². The predicted molar refractivity (Wildman–Crippen MR) is 90.3 cm³/mol. The van der Waals surface area contributed by atoms with Crippen molar-refractivity contribution in [2.75, 3.05) is 11.9 Å². The van der Waals surface area contributed by atoms with E-state index in [9.17, 15) is 4.79 Å². The summed E-state index contributed by atoms with van der Waals surface area (Å²) in [4.78, 5) is 11.9. The van der Waals surface area contributed by atoms with E-state index in [4.69, 9.17) is 4.52 Å². The number of nitrogens with zero attached hydrogens (tertiary/aromatic N) is 1. The van der Waals surface area contributed by atoms with Gasteiger partial charge in [0.2, 0.25) is 0 Å². The second-order valence-corrected chi connectivity index (χ2v) is 6.29. The maximum Gasteiger partial charge on any atom is 0.320 e. The van der Waals surface area contributed by atoms with Crippen LogP contribution in [-0.4, -0.2) is 23.3 Å². The zero-order valence-corrected chi connectivity index (χ0v) is 14.0. The van der Waals surface area contributed by atoms with Crippen LogP contribution in [0.3, 0.4) is 0 Å². The molecule has 6 nitrogen and oxygen atoms in total. The molecule has 2 aromatic rings. The largest absolute Gasteiger partial charge is 0.360 e. The van der Waals surface area contributed by atoms with Crippen LogP contribution in [0.25, 0.3) is 0 Å². The molecule has 0 aliphatic heterocycles. The van der Waals surface area contributed by atoms with Crippen LogP contribution in [0.15, 0.2) is 40.9 Å². The van der Waals surface area contributed by atoms with Crippen LogP contribution in [0.2, 0.25) is 0 Å². The van der Waals surface area contributed by atoms with Crippen molar-refractivity contribution in [3.63, 3.8) is 0 Å². The average Bonchev–Trinajstić information content (AvgIpc) is 2.91. The molecule has 3 N–H and O–H groups in total. The summed E-state index contributed by atoms with van der Waals surface area (Å²) >= 11 is 0. The number of carbonyl (C=O) groups is 1. The number of anilines is 1. The summed E-state index contributed by atoms with van der Waals surface area (Å²) in [6, 6.07) is 11.8. The van der Waals surface area contributed by atoms with Crippen LogP contribution >= 0.6 is 0 Å². The van der Waals surface area contributed by atoms with Gasteiger partial charge in [0.1, 0.15) is 5.76 Å². The van der Waals surface area contributed by atoms with Crippen LogP contribution in [0.1, 0.15) is 38.1 Å². The molecule has 0 aliphatic carbocycles. The molecule has 0 aliphatic rings. The van der Waals surface area contributed by atoms with E-state index in [1.165, 1.54) is 5.56 Å². The van der Waals surface area contributed by atoms with Gasteiger partial charge >= 0.3 is 6.03 Å². The Kier molecular flexibility index (Phi) is 5.39. The fraction of sp³-hybridized carbons (Fsp3) is 0.412. The lowest BCUT2D eigenvalue weighted by Crippen LogP contribution is -2.50. The summed E-state index contributed by atoms with van der Waals surface area (Å²) in [5.74, 6) is 1.06. The summed E-state index contributed by atoms with van der Waals surface area (Å²) in [5, 5.41) is 12.7. The van der Waals surface area contributed by atoms with Gasteiger partial charge in [-0.2, -0.15) is 0 Å². The highest BCUT2D eigenvalue weighted by Crippen LogP contribution is 2.15. The highest BCUT2D eigenvalue weighted by Gasteiger charge is 2.21. The van der Waals surface area contributed by atoms with Crippen molar-refractivity contribution in [1.82, 2.24) is 15.8 Å². The van der Waals surface area contributed by atoms with Gasteiger partial charge in [0.05, 0.1) is 0 Å². The van der Waals surface area contributed by atoms with Crippen LogP contribution in [0, 0.1) is 6.92 Å². The van der Waals surface area contributed by atoms with E-state index in [1.54, 1.807) is 13.0 Å². The van der Waals surface area contributed by atoms with Crippen LogP contribution < -0.4 is 16.0 Å². The summed E-state index contributed by atoms with van der Waals surface area (Å²) in [5.41, 5.74) is 0.954. The molecule has 6 heteroatoms. The van der Waals surface area contributed by atoms with Gasteiger partial charge in [0, 0.05) is 24.2 Å². The first-order chi connectivity index (χ1) is 10.9. The normalized spacial score (nSPS) is 12.7. The Balaban J connectivity index is 1.82. The van der Waals surface area contributed by atoms with E-state index in [0.29, 0.717) is 18.1 Å². The van der Waals surface area contributed by atoms with E-state index >= 15 is 0 Å². The lowest BCUT2D eigenvalue weighted by molar-refractivity contribution is 0.245. The predicted octanol–water partition coefficient (Wildman–Crippen LogP) is 3.23. The molecule has 124 valence electrons. The number of aromatic nitrogens is 1. The minimum Gasteiger partial charge on any atom is -0.360 e. The number of hydrogen-bond acceptors (Lipinski definition) is 4. The van der Waals surface area contributed by atoms with Crippen LogP contribution in [0.4, 0.5) is 10.6 Å². The second kappa shape index (κ2) is 7.28. The number of carbonyl (C=O) groups excluding carboxylic acids is 1. The molecule has 2 rings (SSSR count). The summed E-state index contributed by atoms with van der Waals surface area (Å²) in [6.45, 7) is 8.45. The molecule has 0 fully saturated rings. The quantitative estimate of drug-likeness (QED) is 0.764. The van der Waals surface area contributed by atoms with Crippen molar-refractivity contribution in [3.8, 4) is 0 Å². The molecule has 2 amide bonds. The zero-order valence-electron chi connectivity index (χ0n) is 14.0. The van der Waals surface area contributed by atoms with Crippen molar-refractivity contribution in [1.29, 1.82) is 0 Å². The molecule has 1 aromatic heterocycles. The first-order valence-electron chi connectivity index (χ1n) is 7.66. The molecular weight excluding hydrogens is 292 g/mol. The number of nitrogens with one attached hydrogen (secondary N) is 3. The van der Waals surface area contributed by atoms with Gasteiger partial charge in [-0.05, 0) is 33.3 Å². The van der Waals surface area contributed by atoms with Crippen molar-refractivity contribution in [2.45, 2.75) is 39.3 Å². The Hall–Kier alpha value is -2.34.